The molecule has 0 saturated heterocycles. The third kappa shape index (κ3) is 2.93. The molecule has 0 fully saturated rings. The van der Waals surface area contributed by atoms with Crippen LogP contribution in [0, 0.1) is 17.0 Å². The van der Waals surface area contributed by atoms with Crippen LogP contribution in [0.1, 0.15) is 17.0 Å². The van der Waals surface area contributed by atoms with Gasteiger partial charge in [-0.15, -0.1) is 0 Å². The number of hydrogen-bond donors (Lipinski definition) is 1. The molecule has 1 aliphatic rings. The van der Waals surface area contributed by atoms with Gasteiger partial charge in [0.05, 0.1) is 11.1 Å². The molecular weight excluding hydrogens is 320 g/mol. The number of anilines is 1. The summed E-state index contributed by atoms with van der Waals surface area (Å²) in [5, 5.41) is 18.1. The predicted octanol–water partition coefficient (Wildman–Crippen LogP) is 2.65. The quantitative estimate of drug-likeness (QED) is 0.583. The van der Waals surface area contributed by atoms with E-state index < -0.39 is 4.92 Å². The highest BCUT2D eigenvalue weighted by atomic mass is 16.6. The van der Waals surface area contributed by atoms with Gasteiger partial charge in [0.1, 0.15) is 5.82 Å². The van der Waals surface area contributed by atoms with Crippen molar-refractivity contribution in [3.8, 4) is 11.4 Å². The lowest BCUT2D eigenvalue weighted by molar-refractivity contribution is -0.384. The van der Waals surface area contributed by atoms with Crippen LogP contribution in [-0.2, 0) is 13.0 Å². The van der Waals surface area contributed by atoms with Crippen LogP contribution in [0.5, 0.6) is 0 Å². The lowest BCUT2D eigenvalue weighted by Crippen LogP contribution is -2.30. The molecule has 1 aliphatic heterocycles. The Labute approximate surface area is 143 Å². The van der Waals surface area contributed by atoms with Gasteiger partial charge in [-0.2, -0.15) is 5.10 Å². The highest BCUT2D eigenvalue weighted by Crippen LogP contribution is 2.26. The average Bonchev–Trinajstić information content (AvgIpc) is 3.09. The summed E-state index contributed by atoms with van der Waals surface area (Å²) in [6.07, 6.45) is 2.72. The van der Waals surface area contributed by atoms with Crippen molar-refractivity contribution in [1.82, 2.24) is 20.2 Å². The minimum Gasteiger partial charge on any atom is -0.352 e. The summed E-state index contributed by atoms with van der Waals surface area (Å²) in [4.78, 5) is 21.9. The van der Waals surface area contributed by atoms with Gasteiger partial charge >= 0.3 is 0 Å². The third-order valence-electron chi connectivity index (χ3n) is 4.28. The van der Waals surface area contributed by atoms with Crippen LogP contribution in [0.4, 0.5) is 11.5 Å². The molecule has 3 aromatic rings. The van der Waals surface area contributed by atoms with E-state index in [4.69, 9.17) is 0 Å². The van der Waals surface area contributed by atoms with Crippen LogP contribution in [0.2, 0.25) is 0 Å². The number of rotatable bonds is 3. The number of hydrogen-bond acceptors (Lipinski definition) is 6. The molecule has 0 radical (unpaired) electrons. The number of non-ortho nitro benzene ring substituents is 1. The Bertz CT molecular complexity index is 952. The number of H-pyrrole nitrogens is 1. The highest BCUT2D eigenvalue weighted by molar-refractivity contribution is 5.61. The van der Waals surface area contributed by atoms with Crippen molar-refractivity contribution in [1.29, 1.82) is 0 Å². The van der Waals surface area contributed by atoms with Gasteiger partial charge in [0.15, 0.2) is 5.82 Å². The van der Waals surface area contributed by atoms with E-state index in [0.29, 0.717) is 11.4 Å². The van der Waals surface area contributed by atoms with Crippen LogP contribution in [-0.4, -0.2) is 31.6 Å². The maximum atomic E-state index is 11.0. The lowest BCUT2D eigenvalue weighted by Gasteiger charge is -2.28. The van der Waals surface area contributed by atoms with Gasteiger partial charge in [0.2, 0.25) is 0 Å². The van der Waals surface area contributed by atoms with Crippen molar-refractivity contribution in [2.24, 2.45) is 0 Å². The Balaban J connectivity index is 1.70. The van der Waals surface area contributed by atoms with E-state index >= 15 is 0 Å². The molecule has 0 spiro atoms. The van der Waals surface area contributed by atoms with Crippen LogP contribution in [0.15, 0.2) is 36.5 Å². The van der Waals surface area contributed by atoms with E-state index in [0.717, 1.165) is 31.0 Å². The summed E-state index contributed by atoms with van der Waals surface area (Å²) in [5.74, 6) is 1.32. The number of nitrogens with one attached hydrogen (secondary N) is 1. The van der Waals surface area contributed by atoms with Crippen molar-refractivity contribution >= 4 is 11.5 Å². The fourth-order valence-electron chi connectivity index (χ4n) is 3.02. The monoisotopic (exact) mass is 336 g/mol. The number of aromatic nitrogens is 4. The molecular formula is C17H16N6O2. The van der Waals surface area contributed by atoms with Crippen LogP contribution in [0.3, 0.4) is 0 Å². The molecule has 4 rings (SSSR count). The zero-order chi connectivity index (χ0) is 17.4. The second kappa shape index (κ2) is 5.97. The number of aryl methyl sites for hydroxylation is 1. The first kappa shape index (κ1) is 15.3. The molecule has 126 valence electrons. The summed E-state index contributed by atoms with van der Waals surface area (Å²) in [6, 6.07) is 8.34. The fourth-order valence-corrected chi connectivity index (χ4v) is 3.02. The molecule has 0 bridgehead atoms. The van der Waals surface area contributed by atoms with Crippen molar-refractivity contribution < 1.29 is 4.92 Å². The summed E-state index contributed by atoms with van der Waals surface area (Å²) >= 11 is 0. The van der Waals surface area contributed by atoms with Crippen molar-refractivity contribution in [3.63, 3.8) is 0 Å². The number of aromatic amines is 1. The topological polar surface area (TPSA) is 101 Å². The molecule has 8 heteroatoms. The Kier molecular flexibility index (Phi) is 3.64. The van der Waals surface area contributed by atoms with Gasteiger partial charge < -0.3 is 4.90 Å². The highest BCUT2D eigenvalue weighted by Gasteiger charge is 2.20. The molecule has 1 aromatic carbocycles. The van der Waals surface area contributed by atoms with Crippen molar-refractivity contribution in [2.45, 2.75) is 19.9 Å². The molecule has 0 saturated carbocycles. The molecule has 2 aromatic heterocycles. The molecule has 0 unspecified atom stereocenters. The predicted molar refractivity (Wildman–Crippen MR) is 92.2 cm³/mol. The van der Waals surface area contributed by atoms with Gasteiger partial charge in [-0.25, -0.2) is 9.97 Å². The summed E-state index contributed by atoms with van der Waals surface area (Å²) < 4.78 is 0. The van der Waals surface area contributed by atoms with E-state index in [1.165, 1.54) is 23.4 Å². The standard InChI is InChI=1S/C17H16N6O2/c1-11-7-16(22-6-5-15-13(10-22)9-18-21-15)20-17(19-11)12-3-2-4-14(8-12)23(24)25/h2-4,7-9H,5-6,10H2,1H3,(H,18,21). The van der Waals surface area contributed by atoms with E-state index in [9.17, 15) is 10.1 Å². The zero-order valence-electron chi connectivity index (χ0n) is 13.6. The molecule has 0 amide bonds. The molecule has 3 heterocycles. The second-order valence-corrected chi connectivity index (χ2v) is 6.04. The molecule has 8 nitrogen and oxygen atoms in total. The Morgan fingerprint density at radius 3 is 3.00 bits per heavy atom. The van der Waals surface area contributed by atoms with Crippen LogP contribution in [0.25, 0.3) is 11.4 Å². The van der Waals surface area contributed by atoms with Gasteiger partial charge in [-0.05, 0) is 6.92 Å². The van der Waals surface area contributed by atoms with E-state index in [-0.39, 0.29) is 5.69 Å². The maximum Gasteiger partial charge on any atom is 0.270 e. The molecule has 25 heavy (non-hydrogen) atoms. The number of benzene rings is 1. The minimum atomic E-state index is -0.411. The second-order valence-electron chi connectivity index (χ2n) is 6.04. The van der Waals surface area contributed by atoms with Crippen LogP contribution < -0.4 is 4.90 Å². The molecule has 1 N–H and O–H groups in total. The third-order valence-corrected chi connectivity index (χ3v) is 4.28. The van der Waals surface area contributed by atoms with Gasteiger partial charge in [0.25, 0.3) is 5.69 Å². The summed E-state index contributed by atoms with van der Waals surface area (Å²) in [5.41, 5.74) is 3.83. The first-order valence-electron chi connectivity index (χ1n) is 7.97. The van der Waals surface area contributed by atoms with Gasteiger partial charge in [-0.3, -0.25) is 15.2 Å². The average molecular weight is 336 g/mol. The number of nitro groups is 1. The maximum absolute atomic E-state index is 11.0. The SMILES string of the molecule is Cc1cc(N2CCc3[nH]ncc3C2)nc(-c2cccc([N+](=O)[O-])c2)n1. The van der Waals surface area contributed by atoms with Crippen molar-refractivity contribution in [3.05, 3.63) is 63.6 Å². The fraction of sp³-hybridized carbons (Fsp3) is 0.235. The van der Waals surface area contributed by atoms with Crippen molar-refractivity contribution in [2.75, 3.05) is 11.4 Å². The zero-order valence-corrected chi connectivity index (χ0v) is 13.6. The first-order valence-corrected chi connectivity index (χ1v) is 7.97. The first-order chi connectivity index (χ1) is 12.1. The number of nitrogens with zero attached hydrogens (tertiary/aromatic N) is 5. The number of nitro benzene ring substituents is 1. The van der Waals surface area contributed by atoms with E-state index in [1.807, 2.05) is 19.2 Å². The van der Waals surface area contributed by atoms with E-state index in [2.05, 4.69) is 25.1 Å². The normalized spacial score (nSPS) is 13.6. The largest absolute Gasteiger partial charge is 0.352 e. The van der Waals surface area contributed by atoms with E-state index in [1.54, 1.807) is 12.1 Å². The smallest absolute Gasteiger partial charge is 0.270 e. The molecule has 0 aliphatic carbocycles. The minimum absolute atomic E-state index is 0.0326. The Morgan fingerprint density at radius 1 is 1.28 bits per heavy atom. The Hall–Kier alpha value is -3.29. The summed E-state index contributed by atoms with van der Waals surface area (Å²) in [7, 11) is 0. The number of fused-ring (bicyclic) bond motifs is 1. The molecule has 0 atom stereocenters. The van der Waals surface area contributed by atoms with Gasteiger partial charge in [0, 0.05) is 60.2 Å². The Morgan fingerprint density at radius 2 is 2.16 bits per heavy atom. The lowest BCUT2D eigenvalue weighted by atomic mass is 10.1. The summed E-state index contributed by atoms with van der Waals surface area (Å²) in [6.45, 7) is 3.47. The van der Waals surface area contributed by atoms with Crippen LogP contribution >= 0.6 is 0 Å². The van der Waals surface area contributed by atoms with Gasteiger partial charge in [-0.1, -0.05) is 12.1 Å².